The number of carbonyl (C=O) groups excluding carboxylic acids is 2. The maximum absolute atomic E-state index is 12.1. The number of aryl methyl sites for hydroxylation is 2. The average molecular weight is 315 g/mol. The van der Waals surface area contributed by atoms with E-state index in [0.717, 1.165) is 19.3 Å². The van der Waals surface area contributed by atoms with Crippen LogP contribution in [0.25, 0.3) is 0 Å². The lowest BCUT2D eigenvalue weighted by Gasteiger charge is -2.06. The summed E-state index contributed by atoms with van der Waals surface area (Å²) in [5.41, 5.74) is 3.53. The molecule has 2 aromatic rings. The summed E-state index contributed by atoms with van der Waals surface area (Å²) in [5, 5.41) is 0.547. The molecule has 3 nitrogen and oxygen atoms in total. The molecule has 22 heavy (non-hydrogen) atoms. The number of Topliss-reactive ketones (excluding diaryl/α,β-unsaturated/α-hetero) is 1. The lowest BCUT2D eigenvalue weighted by Crippen LogP contribution is -2.14. The van der Waals surface area contributed by atoms with E-state index < -0.39 is 5.97 Å². The Kier molecular flexibility index (Phi) is 4.25. The first kappa shape index (κ1) is 14.8. The summed E-state index contributed by atoms with van der Waals surface area (Å²) in [6.07, 6.45) is 3.23. The van der Waals surface area contributed by atoms with Gasteiger partial charge in [-0.1, -0.05) is 23.7 Å². The molecular formula is C18H15ClO3. The van der Waals surface area contributed by atoms with E-state index in [4.69, 9.17) is 16.3 Å². The Bertz CT molecular complexity index is 720. The Morgan fingerprint density at radius 1 is 0.955 bits per heavy atom. The van der Waals surface area contributed by atoms with Crippen molar-refractivity contribution >= 4 is 23.4 Å². The van der Waals surface area contributed by atoms with Gasteiger partial charge in [-0.2, -0.15) is 0 Å². The van der Waals surface area contributed by atoms with Gasteiger partial charge in [0.1, 0.15) is 0 Å². The normalized spacial score (nSPS) is 12.8. The minimum Gasteiger partial charge on any atom is -0.454 e. The molecular weight excluding hydrogens is 300 g/mol. The largest absolute Gasteiger partial charge is 0.454 e. The van der Waals surface area contributed by atoms with E-state index in [9.17, 15) is 9.59 Å². The molecule has 0 fully saturated rings. The smallest absolute Gasteiger partial charge is 0.338 e. The molecule has 0 radical (unpaired) electrons. The van der Waals surface area contributed by atoms with Crippen LogP contribution < -0.4 is 0 Å². The minimum atomic E-state index is -0.522. The molecule has 0 aromatic heterocycles. The van der Waals surface area contributed by atoms with Crippen molar-refractivity contribution in [2.75, 3.05) is 6.61 Å². The lowest BCUT2D eigenvalue weighted by atomic mass is 10.0. The predicted molar refractivity (Wildman–Crippen MR) is 84.5 cm³/mol. The van der Waals surface area contributed by atoms with Crippen LogP contribution in [0.3, 0.4) is 0 Å². The number of benzene rings is 2. The Labute approximate surface area is 133 Å². The van der Waals surface area contributed by atoms with E-state index in [1.165, 1.54) is 11.1 Å². The van der Waals surface area contributed by atoms with Crippen LogP contribution in [-0.2, 0) is 17.6 Å². The second-order valence-corrected chi connectivity index (χ2v) is 5.78. The number of ketones is 1. The molecule has 3 rings (SSSR count). The van der Waals surface area contributed by atoms with Crippen molar-refractivity contribution in [1.29, 1.82) is 0 Å². The van der Waals surface area contributed by atoms with Crippen LogP contribution in [0.5, 0.6) is 0 Å². The van der Waals surface area contributed by atoms with E-state index in [1.807, 2.05) is 18.2 Å². The van der Waals surface area contributed by atoms with Crippen molar-refractivity contribution in [2.45, 2.75) is 19.3 Å². The van der Waals surface area contributed by atoms with Crippen LogP contribution in [0.2, 0.25) is 5.02 Å². The maximum Gasteiger partial charge on any atom is 0.338 e. The standard InChI is InChI=1S/C18H15ClO3/c19-16-8-6-13(7-9-16)18(21)22-11-17(20)15-5-4-12-2-1-3-14(12)10-15/h4-10H,1-3,11H2. The minimum absolute atomic E-state index is 0.183. The van der Waals surface area contributed by atoms with Crippen LogP contribution in [0, 0.1) is 0 Å². The average Bonchev–Trinajstić information content (AvgIpc) is 3.00. The summed E-state index contributed by atoms with van der Waals surface area (Å²) in [7, 11) is 0. The molecule has 0 spiro atoms. The van der Waals surface area contributed by atoms with Crippen molar-refractivity contribution < 1.29 is 14.3 Å². The van der Waals surface area contributed by atoms with Crippen LogP contribution in [0.1, 0.15) is 38.3 Å². The highest BCUT2D eigenvalue weighted by Gasteiger charge is 2.15. The highest BCUT2D eigenvalue weighted by molar-refractivity contribution is 6.30. The van der Waals surface area contributed by atoms with E-state index in [0.29, 0.717) is 16.1 Å². The number of hydrogen-bond donors (Lipinski definition) is 0. The van der Waals surface area contributed by atoms with E-state index in [2.05, 4.69) is 0 Å². The molecule has 0 saturated carbocycles. The Morgan fingerprint density at radius 2 is 1.64 bits per heavy atom. The summed E-state index contributed by atoms with van der Waals surface area (Å²) < 4.78 is 5.07. The molecule has 2 aromatic carbocycles. The lowest BCUT2D eigenvalue weighted by molar-refractivity contribution is 0.0475. The third-order valence-corrected chi connectivity index (χ3v) is 4.09. The summed E-state index contributed by atoms with van der Waals surface area (Å²) in [5.74, 6) is -0.705. The number of esters is 1. The molecule has 0 heterocycles. The van der Waals surface area contributed by atoms with Gasteiger partial charge in [-0.25, -0.2) is 4.79 Å². The number of rotatable bonds is 4. The Balaban J connectivity index is 1.62. The molecule has 0 amide bonds. The first-order chi connectivity index (χ1) is 10.6. The zero-order valence-electron chi connectivity index (χ0n) is 12.0. The van der Waals surface area contributed by atoms with E-state index in [1.54, 1.807) is 24.3 Å². The van der Waals surface area contributed by atoms with Crippen molar-refractivity contribution in [3.63, 3.8) is 0 Å². The van der Waals surface area contributed by atoms with Gasteiger partial charge in [0.05, 0.1) is 5.56 Å². The first-order valence-electron chi connectivity index (χ1n) is 7.21. The van der Waals surface area contributed by atoms with Gasteiger partial charge in [0, 0.05) is 10.6 Å². The SMILES string of the molecule is O=C(COC(=O)c1ccc(Cl)cc1)c1ccc2c(c1)CCC2. The Hall–Kier alpha value is -2.13. The van der Waals surface area contributed by atoms with Crippen molar-refractivity contribution in [1.82, 2.24) is 0 Å². The zero-order chi connectivity index (χ0) is 15.5. The quantitative estimate of drug-likeness (QED) is 0.635. The van der Waals surface area contributed by atoms with Crippen molar-refractivity contribution in [3.05, 3.63) is 69.7 Å². The van der Waals surface area contributed by atoms with E-state index >= 15 is 0 Å². The second kappa shape index (κ2) is 6.32. The molecule has 0 saturated heterocycles. The van der Waals surface area contributed by atoms with Gasteiger partial charge >= 0.3 is 5.97 Å². The molecule has 0 unspecified atom stereocenters. The number of ether oxygens (including phenoxy) is 1. The third kappa shape index (κ3) is 3.20. The van der Waals surface area contributed by atoms with Gasteiger partial charge in [0.15, 0.2) is 12.4 Å². The number of hydrogen-bond acceptors (Lipinski definition) is 3. The monoisotopic (exact) mass is 314 g/mol. The first-order valence-corrected chi connectivity index (χ1v) is 7.59. The van der Waals surface area contributed by atoms with Gasteiger partial charge in [0.2, 0.25) is 0 Å². The summed E-state index contributed by atoms with van der Waals surface area (Å²) >= 11 is 5.76. The topological polar surface area (TPSA) is 43.4 Å². The molecule has 0 bridgehead atoms. The Morgan fingerprint density at radius 3 is 2.41 bits per heavy atom. The molecule has 0 atom stereocenters. The van der Waals surface area contributed by atoms with Crippen molar-refractivity contribution in [2.24, 2.45) is 0 Å². The van der Waals surface area contributed by atoms with Gasteiger partial charge in [-0.15, -0.1) is 0 Å². The fraction of sp³-hybridized carbons (Fsp3) is 0.222. The second-order valence-electron chi connectivity index (χ2n) is 5.34. The fourth-order valence-corrected chi connectivity index (χ4v) is 2.75. The molecule has 0 aliphatic heterocycles. The molecule has 1 aliphatic carbocycles. The molecule has 1 aliphatic rings. The number of carbonyl (C=O) groups is 2. The maximum atomic E-state index is 12.1. The summed E-state index contributed by atoms with van der Waals surface area (Å²) in [6.45, 7) is -0.250. The zero-order valence-corrected chi connectivity index (χ0v) is 12.7. The third-order valence-electron chi connectivity index (χ3n) is 3.83. The van der Waals surface area contributed by atoms with Crippen LogP contribution in [0.15, 0.2) is 42.5 Å². The number of fused-ring (bicyclic) bond motifs is 1. The summed E-state index contributed by atoms with van der Waals surface area (Å²) in [6, 6.07) is 12.1. The van der Waals surface area contributed by atoms with Crippen LogP contribution >= 0.6 is 11.6 Å². The van der Waals surface area contributed by atoms with Crippen LogP contribution in [0.4, 0.5) is 0 Å². The predicted octanol–water partition coefficient (Wildman–Crippen LogP) is 3.87. The highest BCUT2D eigenvalue weighted by atomic mass is 35.5. The number of halogens is 1. The van der Waals surface area contributed by atoms with Crippen molar-refractivity contribution in [3.8, 4) is 0 Å². The highest BCUT2D eigenvalue weighted by Crippen LogP contribution is 2.23. The van der Waals surface area contributed by atoms with Crippen LogP contribution in [-0.4, -0.2) is 18.4 Å². The van der Waals surface area contributed by atoms with Gasteiger partial charge < -0.3 is 4.74 Å². The fourth-order valence-electron chi connectivity index (χ4n) is 2.63. The van der Waals surface area contributed by atoms with Gasteiger partial charge in [-0.3, -0.25) is 4.79 Å². The molecule has 0 N–H and O–H groups in total. The van der Waals surface area contributed by atoms with Gasteiger partial charge in [0.25, 0.3) is 0 Å². The molecule has 4 heteroatoms. The summed E-state index contributed by atoms with van der Waals surface area (Å²) in [4.78, 5) is 24.0. The van der Waals surface area contributed by atoms with Gasteiger partial charge in [-0.05, 0) is 60.7 Å². The van der Waals surface area contributed by atoms with E-state index in [-0.39, 0.29) is 12.4 Å². The molecule has 112 valence electrons.